The van der Waals surface area contributed by atoms with Gasteiger partial charge in [0.25, 0.3) is 0 Å². The van der Waals surface area contributed by atoms with Crippen LogP contribution in [-0.2, 0) is 0 Å². The van der Waals surface area contributed by atoms with Gasteiger partial charge in [0, 0.05) is 149 Å². The molecule has 134 heavy (non-hydrogen) atoms. The van der Waals surface area contributed by atoms with Crippen molar-refractivity contribution in [3.63, 3.8) is 0 Å². The Bertz CT molecular complexity index is 4790. The van der Waals surface area contributed by atoms with Crippen molar-refractivity contribution in [1.82, 2.24) is 24.5 Å². The van der Waals surface area contributed by atoms with Gasteiger partial charge in [0.1, 0.15) is 30.8 Å². The van der Waals surface area contributed by atoms with Crippen molar-refractivity contribution in [2.24, 2.45) is 38.9 Å². The summed E-state index contributed by atoms with van der Waals surface area (Å²) in [5.41, 5.74) is 31.1. The van der Waals surface area contributed by atoms with Crippen LogP contribution in [0.5, 0.6) is 0 Å². The fourth-order valence-corrected chi connectivity index (χ4v) is 26.3. The zero-order valence-corrected chi connectivity index (χ0v) is 86.3. The lowest BCUT2D eigenvalue weighted by Gasteiger charge is -2.47. The molecule has 6 aromatic carbocycles. The van der Waals surface area contributed by atoms with E-state index in [1.807, 2.05) is 0 Å². The Morgan fingerprint density at radius 1 is 0.194 bits per heavy atom. The van der Waals surface area contributed by atoms with Crippen LogP contribution in [0.15, 0.2) is 203 Å². The van der Waals surface area contributed by atoms with Gasteiger partial charge in [-0.15, -0.1) is 0 Å². The van der Waals surface area contributed by atoms with Gasteiger partial charge in [-0.1, -0.05) is 359 Å². The molecule has 0 aromatic heterocycles. The molecule has 7 fully saturated rings. The molecule has 7 aliphatic carbocycles. The zero-order chi connectivity index (χ0) is 92.5. The van der Waals surface area contributed by atoms with Crippen LogP contribution in [-0.4, -0.2) is 85.5 Å². The van der Waals surface area contributed by atoms with Crippen molar-refractivity contribution in [3.8, 4) is 0 Å². The third-order valence-electron chi connectivity index (χ3n) is 32.2. The predicted octanol–water partition coefficient (Wildman–Crippen LogP) is 35.5. The molecule has 18 rings (SSSR count). The van der Waals surface area contributed by atoms with E-state index in [1.54, 1.807) is 11.4 Å². The Morgan fingerprint density at radius 3 is 0.642 bits per heavy atom. The van der Waals surface area contributed by atoms with Crippen LogP contribution in [0.25, 0.3) is 5.70 Å². The lowest BCUT2D eigenvalue weighted by molar-refractivity contribution is 0.0971. The highest BCUT2D eigenvalue weighted by atomic mass is 15.5. The summed E-state index contributed by atoms with van der Waals surface area (Å²) in [4.78, 5) is 27.4. The standard InChI is InChI=1S/C26H40N2.C26H34N2.C25H38N2.2C21H32N2.5CH4/c2*1-19-13-9-12-18-23(19)27-20(2)24(21-14-7-6-8-15-21)28(22-16-10-11-17-22)25(27)26(3,4)5;1-18-12-6-11-17-22(18)26-19(2)23(20-13-7-8-14-20)27(21-15-9-10-16-21)24(26)25(3,4)5;2*1-15-11-7-10-14-19(15)23-17(3)16(2)22(18-12-8-9-13-18)20(23)21(4,5)6;;;;;/h9,12-13,18,21-22,25H,6-8,10-11,14-17H2,1-5H3;6-9,12-15,18,22,25H,10-11,16-17H2,1-5H3;6,11-12,17,20-21,24H,7-10,13-16H2,1-5H3;2*7,10-11,14,18,20H,8-9,12-13H2,1-6H3;5*1H4. The second kappa shape index (κ2) is 45.7. The summed E-state index contributed by atoms with van der Waals surface area (Å²) < 4.78 is 0. The topological polar surface area (TPSA) is 32.4 Å². The largest absolute Gasteiger partial charge is 0.350 e. The van der Waals surface area contributed by atoms with E-state index < -0.39 is 0 Å². The molecule has 742 valence electrons. The van der Waals surface area contributed by atoms with Crippen LogP contribution >= 0.6 is 0 Å². The molecule has 12 aliphatic rings. The molecule has 0 spiro atoms. The Hall–Kier alpha value is -7.98. The maximum atomic E-state index is 2.94. The number of rotatable bonds is 13. The highest BCUT2D eigenvalue weighted by Gasteiger charge is 2.54. The molecule has 0 radical (unpaired) electrons. The highest BCUT2D eigenvalue weighted by molar-refractivity contribution is 5.78. The number of aryl methyl sites for hydroxylation is 5. The van der Waals surface area contributed by atoms with E-state index in [4.69, 9.17) is 0 Å². The molecular weight excluding hydrogens is 1630 g/mol. The smallest absolute Gasteiger partial charge is 0.111 e. The summed E-state index contributed by atoms with van der Waals surface area (Å²) in [6.07, 6.45) is 41.9. The average Bonchev–Trinajstić information content (AvgIpc) is 1.60. The number of allylic oxidation sites excluding steroid dienone is 9. The molecule has 0 amide bonds. The number of nitrogens with zero attached hydrogens (tertiary/aromatic N) is 10. The van der Waals surface area contributed by atoms with Crippen LogP contribution in [0, 0.1) is 73.5 Å². The van der Waals surface area contributed by atoms with Crippen LogP contribution in [0.1, 0.15) is 409 Å². The quantitative estimate of drug-likeness (QED) is 0.112. The molecule has 10 nitrogen and oxygen atoms in total. The Morgan fingerprint density at radius 2 is 0.388 bits per heavy atom. The fourth-order valence-electron chi connectivity index (χ4n) is 26.3. The van der Waals surface area contributed by atoms with Gasteiger partial charge >= 0.3 is 0 Å². The highest BCUT2D eigenvalue weighted by Crippen LogP contribution is 2.56. The van der Waals surface area contributed by atoms with Crippen LogP contribution in [0.3, 0.4) is 0 Å². The van der Waals surface area contributed by atoms with E-state index in [9.17, 15) is 0 Å². The average molecular weight is 1830 g/mol. The van der Waals surface area contributed by atoms with Gasteiger partial charge in [-0.05, 0) is 237 Å². The van der Waals surface area contributed by atoms with E-state index in [1.165, 1.54) is 294 Å². The maximum Gasteiger partial charge on any atom is 0.111 e. The first-order valence-electron chi connectivity index (χ1n) is 52.0. The van der Waals surface area contributed by atoms with E-state index in [0.29, 0.717) is 49.0 Å². The minimum atomic E-state index is 0. The molecule has 6 aromatic rings. The van der Waals surface area contributed by atoms with Crippen LogP contribution in [0.4, 0.5) is 28.4 Å². The fraction of sp³-hybridized carbons (Fsp3) is 0.629. The van der Waals surface area contributed by atoms with E-state index in [-0.39, 0.29) is 64.2 Å². The summed E-state index contributed by atoms with van der Waals surface area (Å²) in [7, 11) is 0. The van der Waals surface area contributed by atoms with E-state index in [2.05, 4.69) is 388 Å². The lowest BCUT2D eigenvalue weighted by atomic mass is 9.84. The van der Waals surface area contributed by atoms with Gasteiger partial charge in [0.05, 0.1) is 5.70 Å². The van der Waals surface area contributed by atoms with Crippen molar-refractivity contribution in [3.05, 3.63) is 236 Å². The normalized spacial score (nSPS) is 22.8. The van der Waals surface area contributed by atoms with Crippen molar-refractivity contribution >= 4 is 34.1 Å². The molecule has 7 saturated carbocycles. The Labute approximate surface area is 824 Å². The van der Waals surface area contributed by atoms with Crippen molar-refractivity contribution in [1.29, 1.82) is 0 Å². The van der Waals surface area contributed by atoms with Crippen LogP contribution < -0.4 is 24.5 Å². The Balaban J connectivity index is 0.000000187. The van der Waals surface area contributed by atoms with Gasteiger partial charge in [0.2, 0.25) is 0 Å². The molecule has 0 bridgehead atoms. The number of hydrogen-bond acceptors (Lipinski definition) is 10. The molecule has 0 N–H and O–H groups in total. The number of para-hydroxylation sites is 5. The van der Waals surface area contributed by atoms with E-state index in [0.717, 1.165) is 23.9 Å². The van der Waals surface area contributed by atoms with Gasteiger partial charge in [-0.25, -0.2) is 0 Å². The lowest BCUT2D eigenvalue weighted by Crippen LogP contribution is -2.53. The van der Waals surface area contributed by atoms with Crippen molar-refractivity contribution in [2.45, 2.75) is 471 Å². The van der Waals surface area contributed by atoms with Gasteiger partial charge in [-0.3, -0.25) is 0 Å². The summed E-state index contributed by atoms with van der Waals surface area (Å²) in [6.45, 7) is 63.8. The molecule has 0 saturated heterocycles. The summed E-state index contributed by atoms with van der Waals surface area (Å²) in [5, 5.41) is 0. The second-order valence-corrected chi connectivity index (χ2v) is 47.1. The first-order valence-corrected chi connectivity index (χ1v) is 52.0. The first-order chi connectivity index (χ1) is 61.3. The minimum absolute atomic E-state index is 0. The predicted molar refractivity (Wildman–Crippen MR) is 588 cm³/mol. The summed E-state index contributed by atoms with van der Waals surface area (Å²) in [6, 6.07) is 59.0. The zero-order valence-electron chi connectivity index (χ0n) is 86.3. The van der Waals surface area contributed by atoms with E-state index >= 15 is 0 Å². The van der Waals surface area contributed by atoms with Gasteiger partial charge in [-0.2, -0.15) is 0 Å². The molecule has 5 aliphatic heterocycles. The SMILES string of the molecule is C.C.C.C.C.CC1=C(C)N(C2CCCC2)C(C(C)(C)C)N1c1ccccc1C.CC1=C(C)N(C2CCCC2)C(C(C)(C)C)N1c1ccccc1C.CC1=C(C2CCCC2)N(C2CCCC2)C(C(C)(C)C)N1c1ccccc1C.CC1=C(C2CCCCC2)N(C2CCCC2)C(C(C)(C)C)N1c1ccccc1C.CC1=C(c2ccccc2)N(C2CCCC2)C(C(C)(C)C)N1c1ccccc1C. The van der Waals surface area contributed by atoms with Crippen LogP contribution in [0.2, 0.25) is 0 Å². The number of hydrogen-bond donors (Lipinski definition) is 0. The Kier molecular flexibility index (Phi) is 37.4. The summed E-state index contributed by atoms with van der Waals surface area (Å²) in [5.74, 6) is 1.53. The molecule has 5 heterocycles. The molecular formula is C124H196N10. The second-order valence-electron chi connectivity index (χ2n) is 47.1. The van der Waals surface area contributed by atoms with Crippen molar-refractivity contribution in [2.75, 3.05) is 24.5 Å². The minimum Gasteiger partial charge on any atom is -0.350 e. The first kappa shape index (κ1) is 110. The molecule has 5 atom stereocenters. The third kappa shape index (κ3) is 22.8. The molecule has 5 unspecified atom stereocenters. The van der Waals surface area contributed by atoms with Crippen molar-refractivity contribution < 1.29 is 0 Å². The number of anilines is 5. The van der Waals surface area contributed by atoms with Gasteiger partial charge in [0.15, 0.2) is 0 Å². The molecule has 10 heteroatoms. The summed E-state index contributed by atoms with van der Waals surface area (Å²) >= 11 is 0. The monoisotopic (exact) mass is 1830 g/mol. The number of benzene rings is 6. The third-order valence-corrected chi connectivity index (χ3v) is 32.2. The maximum absolute atomic E-state index is 2.94. The van der Waals surface area contributed by atoms with Gasteiger partial charge < -0.3 is 49.0 Å².